The second-order valence-corrected chi connectivity index (χ2v) is 5.65. The van der Waals surface area contributed by atoms with Gasteiger partial charge in [-0.2, -0.15) is 0 Å². The van der Waals surface area contributed by atoms with Crippen molar-refractivity contribution in [1.82, 2.24) is 4.72 Å². The molecule has 7 heteroatoms. The third-order valence-corrected chi connectivity index (χ3v) is 3.95. The van der Waals surface area contributed by atoms with Gasteiger partial charge in [-0.3, -0.25) is 4.79 Å². The molecule has 0 atom stereocenters. The molecule has 0 unspecified atom stereocenters. The fourth-order valence-electron chi connectivity index (χ4n) is 1.39. The van der Waals surface area contributed by atoms with E-state index < -0.39 is 16.0 Å². The predicted molar refractivity (Wildman–Crippen MR) is 68.2 cm³/mol. The molecule has 1 aromatic carbocycles. The Balaban J connectivity index is 2.80. The van der Waals surface area contributed by atoms with Crippen LogP contribution in [0.3, 0.4) is 0 Å². The van der Waals surface area contributed by atoms with Crippen molar-refractivity contribution in [2.45, 2.75) is 11.3 Å². The number of rotatable bonds is 6. The highest BCUT2D eigenvalue weighted by Gasteiger charge is 2.11. The lowest BCUT2D eigenvalue weighted by Gasteiger charge is -2.18. The Morgan fingerprint density at radius 2 is 1.89 bits per heavy atom. The molecule has 0 bridgehead atoms. The minimum absolute atomic E-state index is 0.0348. The number of benzene rings is 1. The molecule has 0 aliphatic carbocycles. The van der Waals surface area contributed by atoms with Gasteiger partial charge >= 0.3 is 5.97 Å². The molecule has 1 aromatic rings. The van der Waals surface area contributed by atoms with E-state index in [1.165, 1.54) is 19.2 Å². The Bertz CT molecular complexity index is 510. The summed E-state index contributed by atoms with van der Waals surface area (Å²) in [7, 11) is -0.325. The first-order valence-electron chi connectivity index (χ1n) is 5.33. The number of carboxylic acid groups (broad SMARTS) is 1. The molecule has 6 nitrogen and oxygen atoms in total. The molecule has 0 aliphatic heterocycles. The monoisotopic (exact) mass is 272 g/mol. The lowest BCUT2D eigenvalue weighted by atomic mass is 10.3. The molecule has 2 N–H and O–H groups in total. The maximum atomic E-state index is 11.5. The largest absolute Gasteiger partial charge is 0.481 e. The fourth-order valence-corrected chi connectivity index (χ4v) is 2.12. The molecule has 0 amide bonds. The molecule has 18 heavy (non-hydrogen) atoms. The summed E-state index contributed by atoms with van der Waals surface area (Å²) in [6.45, 7) is 0.369. The number of anilines is 1. The zero-order valence-electron chi connectivity index (χ0n) is 10.3. The molecular weight excluding hydrogens is 256 g/mol. The van der Waals surface area contributed by atoms with Crippen molar-refractivity contribution < 1.29 is 18.3 Å². The van der Waals surface area contributed by atoms with Crippen molar-refractivity contribution >= 4 is 21.7 Å². The molecule has 0 heterocycles. The van der Waals surface area contributed by atoms with E-state index in [0.717, 1.165) is 5.69 Å². The number of nitrogens with zero attached hydrogens (tertiary/aromatic N) is 1. The van der Waals surface area contributed by atoms with Crippen LogP contribution in [0.1, 0.15) is 6.42 Å². The average Bonchev–Trinajstić information content (AvgIpc) is 2.36. The quantitative estimate of drug-likeness (QED) is 0.787. The van der Waals surface area contributed by atoms with Crippen molar-refractivity contribution in [3.8, 4) is 0 Å². The summed E-state index contributed by atoms with van der Waals surface area (Å²) in [5.41, 5.74) is 0.770. The maximum Gasteiger partial charge on any atom is 0.305 e. The molecule has 1 rings (SSSR count). The smallest absolute Gasteiger partial charge is 0.305 e. The molecule has 100 valence electrons. The Hall–Kier alpha value is -1.60. The summed E-state index contributed by atoms with van der Waals surface area (Å²) in [6.07, 6.45) is 0.0348. The maximum absolute atomic E-state index is 11.5. The fraction of sp³-hybridized carbons (Fsp3) is 0.364. The van der Waals surface area contributed by atoms with Crippen LogP contribution in [0, 0.1) is 0 Å². The lowest BCUT2D eigenvalue weighted by molar-refractivity contribution is -0.136. The summed E-state index contributed by atoms with van der Waals surface area (Å²) >= 11 is 0. The van der Waals surface area contributed by atoms with Gasteiger partial charge in [-0.25, -0.2) is 13.1 Å². The summed E-state index contributed by atoms with van der Waals surface area (Å²) in [6, 6.07) is 6.26. The second-order valence-electron chi connectivity index (χ2n) is 3.77. The van der Waals surface area contributed by atoms with Crippen molar-refractivity contribution in [3.63, 3.8) is 0 Å². The molecule has 0 saturated heterocycles. The van der Waals surface area contributed by atoms with Gasteiger partial charge < -0.3 is 10.0 Å². The van der Waals surface area contributed by atoms with E-state index in [1.807, 2.05) is 0 Å². The lowest BCUT2D eigenvalue weighted by Crippen LogP contribution is -2.21. The minimum Gasteiger partial charge on any atom is -0.481 e. The van der Waals surface area contributed by atoms with Gasteiger partial charge in [0, 0.05) is 19.3 Å². The number of aliphatic carboxylic acids is 1. The molecular formula is C11H16N2O4S. The number of nitrogens with one attached hydrogen (secondary N) is 1. The van der Waals surface area contributed by atoms with Crippen molar-refractivity contribution in [3.05, 3.63) is 24.3 Å². The molecule has 0 aromatic heterocycles. The molecule has 0 aliphatic rings. The highest BCUT2D eigenvalue weighted by molar-refractivity contribution is 7.89. The van der Waals surface area contributed by atoms with Crippen LogP contribution >= 0.6 is 0 Å². The van der Waals surface area contributed by atoms with E-state index in [-0.39, 0.29) is 11.3 Å². The molecule has 0 saturated carbocycles. The highest BCUT2D eigenvalue weighted by atomic mass is 32.2. The van der Waals surface area contributed by atoms with E-state index in [0.29, 0.717) is 6.54 Å². The topological polar surface area (TPSA) is 86.7 Å². The molecule has 0 spiro atoms. The number of sulfonamides is 1. The summed E-state index contributed by atoms with van der Waals surface area (Å²) < 4.78 is 25.2. The van der Waals surface area contributed by atoms with Gasteiger partial charge in [0.25, 0.3) is 0 Å². The second kappa shape index (κ2) is 5.83. The third-order valence-electron chi connectivity index (χ3n) is 2.52. The van der Waals surface area contributed by atoms with Crippen LogP contribution in [0.25, 0.3) is 0 Å². The van der Waals surface area contributed by atoms with Gasteiger partial charge in [0.15, 0.2) is 0 Å². The Labute approximate surface area is 106 Å². The summed E-state index contributed by atoms with van der Waals surface area (Å²) in [5.74, 6) is -0.865. The van der Waals surface area contributed by atoms with E-state index in [4.69, 9.17) is 5.11 Å². The first kappa shape index (κ1) is 14.5. The molecule has 0 radical (unpaired) electrons. The van der Waals surface area contributed by atoms with Gasteiger partial charge in [-0.05, 0) is 31.3 Å². The number of hydrogen-bond donors (Lipinski definition) is 2. The van der Waals surface area contributed by atoms with Gasteiger partial charge in [0.2, 0.25) is 10.0 Å². The minimum atomic E-state index is -3.43. The van der Waals surface area contributed by atoms with Crippen molar-refractivity contribution in [2.75, 3.05) is 25.5 Å². The van der Waals surface area contributed by atoms with Gasteiger partial charge in [0.05, 0.1) is 11.3 Å². The van der Waals surface area contributed by atoms with Crippen LogP contribution in [-0.4, -0.2) is 40.1 Å². The zero-order valence-corrected chi connectivity index (χ0v) is 11.1. The van der Waals surface area contributed by atoms with Crippen LogP contribution in [0.2, 0.25) is 0 Å². The van der Waals surface area contributed by atoms with E-state index in [1.54, 1.807) is 24.1 Å². The predicted octanol–water partition coefficient (Wildman–Crippen LogP) is 0.506. The van der Waals surface area contributed by atoms with Gasteiger partial charge in [-0.15, -0.1) is 0 Å². The van der Waals surface area contributed by atoms with Gasteiger partial charge in [0.1, 0.15) is 0 Å². The Kier molecular flexibility index (Phi) is 4.69. The highest BCUT2D eigenvalue weighted by Crippen LogP contribution is 2.16. The van der Waals surface area contributed by atoms with E-state index in [2.05, 4.69) is 4.72 Å². The van der Waals surface area contributed by atoms with E-state index >= 15 is 0 Å². The zero-order chi connectivity index (χ0) is 13.8. The van der Waals surface area contributed by atoms with E-state index in [9.17, 15) is 13.2 Å². The van der Waals surface area contributed by atoms with Crippen LogP contribution in [0.15, 0.2) is 29.2 Å². The SMILES string of the molecule is CNS(=O)(=O)c1ccc(N(C)CCC(=O)O)cc1. The summed E-state index contributed by atoms with van der Waals surface area (Å²) in [5, 5.41) is 8.58. The third kappa shape index (κ3) is 3.71. The average molecular weight is 272 g/mol. The number of hydrogen-bond acceptors (Lipinski definition) is 4. The van der Waals surface area contributed by atoms with Crippen molar-refractivity contribution in [2.24, 2.45) is 0 Å². The first-order valence-corrected chi connectivity index (χ1v) is 6.81. The number of carbonyl (C=O) groups is 1. The van der Waals surface area contributed by atoms with Gasteiger partial charge in [-0.1, -0.05) is 0 Å². The summed E-state index contributed by atoms with van der Waals surface area (Å²) in [4.78, 5) is 12.4. The Morgan fingerprint density at radius 3 is 2.33 bits per heavy atom. The van der Waals surface area contributed by atoms with Crippen LogP contribution < -0.4 is 9.62 Å². The Morgan fingerprint density at radius 1 is 1.33 bits per heavy atom. The van der Waals surface area contributed by atoms with Crippen LogP contribution in [0.4, 0.5) is 5.69 Å². The number of carboxylic acids is 1. The van der Waals surface area contributed by atoms with Crippen molar-refractivity contribution in [1.29, 1.82) is 0 Å². The standard InChI is InChI=1S/C11H16N2O4S/c1-12-18(16,17)10-5-3-9(4-6-10)13(2)8-7-11(14)15/h3-6,12H,7-8H2,1-2H3,(H,14,15). The molecule has 0 fully saturated rings. The normalized spacial score (nSPS) is 11.2. The first-order chi connectivity index (χ1) is 8.36. The van der Waals surface area contributed by atoms with Crippen LogP contribution in [-0.2, 0) is 14.8 Å². The van der Waals surface area contributed by atoms with Crippen LogP contribution in [0.5, 0.6) is 0 Å².